The van der Waals surface area contributed by atoms with E-state index < -0.39 is 0 Å². The van der Waals surface area contributed by atoms with Gasteiger partial charge in [-0.15, -0.1) is 0 Å². The van der Waals surface area contributed by atoms with Crippen molar-refractivity contribution in [3.63, 3.8) is 0 Å². The van der Waals surface area contributed by atoms with Gasteiger partial charge in [0, 0.05) is 44.1 Å². The van der Waals surface area contributed by atoms with Crippen molar-refractivity contribution in [3.05, 3.63) is 78.4 Å². The Morgan fingerprint density at radius 1 is 0.868 bits per heavy atom. The summed E-state index contributed by atoms with van der Waals surface area (Å²) < 4.78 is 11.1. The molecule has 3 aromatic carbocycles. The van der Waals surface area contributed by atoms with Crippen LogP contribution in [0, 0.1) is 5.92 Å². The number of para-hydroxylation sites is 3. The third-order valence-corrected chi connectivity index (χ3v) is 6.36. The van der Waals surface area contributed by atoms with E-state index in [0.29, 0.717) is 29.5 Å². The van der Waals surface area contributed by atoms with Crippen LogP contribution in [0.15, 0.2) is 72.8 Å². The molecular weight excluding hydrogens is 480 g/mol. The number of amides is 2. The number of rotatable bonds is 10. The predicted octanol–water partition coefficient (Wildman–Crippen LogP) is 4.43. The van der Waals surface area contributed by atoms with Crippen molar-refractivity contribution in [3.8, 4) is 11.5 Å². The molecule has 38 heavy (non-hydrogen) atoms. The number of methoxy groups -OCH3 is 1. The third-order valence-electron chi connectivity index (χ3n) is 6.36. The molecule has 0 radical (unpaired) electrons. The molecule has 1 heterocycles. The molecule has 2 N–H and O–H groups in total. The number of carbonyl (C=O) groups is 2. The first kappa shape index (κ1) is 26.9. The van der Waals surface area contributed by atoms with Crippen molar-refractivity contribution in [1.82, 2.24) is 5.32 Å². The minimum atomic E-state index is -0.291. The number of carbonyl (C=O) groups excluding carboxylic acids is 2. The smallest absolute Gasteiger partial charge is 0.262 e. The van der Waals surface area contributed by atoms with Gasteiger partial charge in [0.05, 0.1) is 18.4 Å². The first-order chi connectivity index (χ1) is 18.4. The normalized spacial score (nSPS) is 13.3. The Bertz CT molecular complexity index is 1220. The van der Waals surface area contributed by atoms with Crippen molar-refractivity contribution in [1.29, 1.82) is 0 Å². The summed E-state index contributed by atoms with van der Waals surface area (Å²) in [5, 5.41) is 5.88. The second-order valence-electron chi connectivity index (χ2n) is 9.63. The van der Waals surface area contributed by atoms with E-state index in [-0.39, 0.29) is 18.4 Å². The predicted molar refractivity (Wildman–Crippen MR) is 152 cm³/mol. The van der Waals surface area contributed by atoms with Crippen molar-refractivity contribution >= 4 is 28.9 Å². The fourth-order valence-corrected chi connectivity index (χ4v) is 4.41. The average Bonchev–Trinajstić information content (AvgIpc) is 2.95. The molecule has 0 bridgehead atoms. The zero-order valence-corrected chi connectivity index (χ0v) is 22.3. The van der Waals surface area contributed by atoms with E-state index in [4.69, 9.17) is 9.47 Å². The lowest BCUT2D eigenvalue weighted by Crippen LogP contribution is -2.47. The zero-order chi connectivity index (χ0) is 26.9. The Labute approximate surface area is 224 Å². The SMILES string of the molecule is COc1ccccc1N1CCN(c2ccc(NC(=O)COc3ccccc3)cc2C(=O)NCC(C)C)CC1. The fourth-order valence-electron chi connectivity index (χ4n) is 4.41. The lowest BCUT2D eigenvalue weighted by atomic mass is 10.1. The van der Waals surface area contributed by atoms with Crippen LogP contribution in [0.1, 0.15) is 24.2 Å². The monoisotopic (exact) mass is 516 g/mol. The largest absolute Gasteiger partial charge is 0.495 e. The van der Waals surface area contributed by atoms with Crippen molar-refractivity contribution in [2.75, 3.05) is 61.6 Å². The minimum Gasteiger partial charge on any atom is -0.495 e. The molecule has 0 atom stereocenters. The number of benzene rings is 3. The summed E-state index contributed by atoms with van der Waals surface area (Å²) in [6.45, 7) is 7.65. The maximum atomic E-state index is 13.2. The van der Waals surface area contributed by atoms with Crippen LogP contribution in [0.5, 0.6) is 11.5 Å². The van der Waals surface area contributed by atoms with Crippen LogP contribution in [-0.4, -0.2) is 58.3 Å². The van der Waals surface area contributed by atoms with Crippen LogP contribution in [-0.2, 0) is 4.79 Å². The summed E-state index contributed by atoms with van der Waals surface area (Å²) in [6.07, 6.45) is 0. The number of ether oxygens (including phenoxy) is 2. The molecule has 3 aromatic rings. The number of hydrogen-bond acceptors (Lipinski definition) is 6. The summed E-state index contributed by atoms with van der Waals surface area (Å²) >= 11 is 0. The lowest BCUT2D eigenvalue weighted by molar-refractivity contribution is -0.118. The van der Waals surface area contributed by atoms with Crippen molar-refractivity contribution < 1.29 is 19.1 Å². The number of piperazine rings is 1. The van der Waals surface area contributed by atoms with Gasteiger partial charge in [-0.3, -0.25) is 9.59 Å². The van der Waals surface area contributed by atoms with Crippen molar-refractivity contribution in [2.24, 2.45) is 5.92 Å². The highest BCUT2D eigenvalue weighted by Crippen LogP contribution is 2.31. The number of anilines is 3. The van der Waals surface area contributed by atoms with Gasteiger partial charge in [0.2, 0.25) is 0 Å². The van der Waals surface area contributed by atoms with Gasteiger partial charge in [0.15, 0.2) is 6.61 Å². The highest BCUT2D eigenvalue weighted by Gasteiger charge is 2.24. The average molecular weight is 517 g/mol. The zero-order valence-electron chi connectivity index (χ0n) is 22.3. The molecule has 2 amide bonds. The molecule has 0 saturated carbocycles. The molecule has 0 aliphatic carbocycles. The topological polar surface area (TPSA) is 83.1 Å². The Morgan fingerprint density at radius 3 is 2.21 bits per heavy atom. The maximum Gasteiger partial charge on any atom is 0.262 e. The molecule has 1 saturated heterocycles. The molecule has 8 heteroatoms. The summed E-state index contributed by atoms with van der Waals surface area (Å²) in [6, 6.07) is 22.7. The molecule has 0 unspecified atom stereocenters. The van der Waals surface area contributed by atoms with E-state index in [9.17, 15) is 9.59 Å². The van der Waals surface area contributed by atoms with Crippen LogP contribution in [0.2, 0.25) is 0 Å². The van der Waals surface area contributed by atoms with E-state index in [0.717, 1.165) is 43.3 Å². The molecule has 0 spiro atoms. The molecule has 8 nitrogen and oxygen atoms in total. The number of nitrogens with one attached hydrogen (secondary N) is 2. The second kappa shape index (κ2) is 12.9. The summed E-state index contributed by atoms with van der Waals surface area (Å²) in [7, 11) is 1.69. The van der Waals surface area contributed by atoms with Gasteiger partial charge in [0.1, 0.15) is 11.5 Å². The van der Waals surface area contributed by atoms with Crippen molar-refractivity contribution in [2.45, 2.75) is 13.8 Å². The van der Waals surface area contributed by atoms with E-state index >= 15 is 0 Å². The van der Waals surface area contributed by atoms with E-state index in [1.807, 2.05) is 48.5 Å². The maximum absolute atomic E-state index is 13.2. The summed E-state index contributed by atoms with van der Waals surface area (Å²) in [5.41, 5.74) is 3.01. The van der Waals surface area contributed by atoms with Crippen LogP contribution >= 0.6 is 0 Å². The van der Waals surface area contributed by atoms with E-state index in [1.165, 1.54) is 0 Å². The summed E-state index contributed by atoms with van der Waals surface area (Å²) in [4.78, 5) is 30.3. The van der Waals surface area contributed by atoms with Crippen LogP contribution in [0.3, 0.4) is 0 Å². The Hall–Kier alpha value is -4.20. The quantitative estimate of drug-likeness (QED) is 0.415. The molecule has 1 aliphatic rings. The van der Waals surface area contributed by atoms with Crippen LogP contribution < -0.4 is 29.9 Å². The van der Waals surface area contributed by atoms with E-state index in [2.05, 4.69) is 40.3 Å². The summed E-state index contributed by atoms with van der Waals surface area (Å²) in [5.74, 6) is 1.35. The van der Waals surface area contributed by atoms with Gasteiger partial charge in [-0.2, -0.15) is 0 Å². The molecule has 200 valence electrons. The first-order valence-corrected chi connectivity index (χ1v) is 13.0. The molecule has 1 aliphatic heterocycles. The molecule has 4 rings (SSSR count). The van der Waals surface area contributed by atoms with E-state index in [1.54, 1.807) is 25.3 Å². The second-order valence-corrected chi connectivity index (χ2v) is 9.63. The number of hydrogen-bond donors (Lipinski definition) is 2. The van der Waals surface area contributed by atoms with Gasteiger partial charge in [-0.1, -0.05) is 44.2 Å². The fraction of sp³-hybridized carbons (Fsp3) is 0.333. The Morgan fingerprint density at radius 2 is 1.53 bits per heavy atom. The highest BCUT2D eigenvalue weighted by atomic mass is 16.5. The molecule has 1 fully saturated rings. The van der Waals surface area contributed by atoms with Gasteiger partial charge >= 0.3 is 0 Å². The Kier molecular flexibility index (Phi) is 9.08. The van der Waals surface area contributed by atoms with Gasteiger partial charge in [0.25, 0.3) is 11.8 Å². The number of nitrogens with zero attached hydrogens (tertiary/aromatic N) is 2. The first-order valence-electron chi connectivity index (χ1n) is 13.0. The van der Waals surface area contributed by atoms with Crippen LogP contribution in [0.25, 0.3) is 0 Å². The standard InChI is InChI=1S/C30H36N4O4/c1-22(2)20-31-30(36)25-19-23(32-29(35)21-38-24-9-5-4-6-10-24)13-14-26(25)33-15-17-34(18-16-33)27-11-7-8-12-28(27)37-3/h4-14,19,22H,15-18,20-21H2,1-3H3,(H,31,36)(H,32,35). The van der Waals surface area contributed by atoms with Crippen LogP contribution in [0.4, 0.5) is 17.1 Å². The molecular formula is C30H36N4O4. The van der Waals surface area contributed by atoms with Gasteiger partial charge in [-0.25, -0.2) is 0 Å². The van der Waals surface area contributed by atoms with Gasteiger partial charge in [-0.05, 0) is 48.4 Å². The third kappa shape index (κ3) is 6.97. The molecule has 0 aromatic heterocycles. The van der Waals surface area contributed by atoms with Gasteiger partial charge < -0.3 is 29.9 Å². The minimum absolute atomic E-state index is 0.119. The highest BCUT2D eigenvalue weighted by molar-refractivity contribution is 6.02. The Balaban J connectivity index is 1.47. The lowest BCUT2D eigenvalue weighted by Gasteiger charge is -2.38.